The second-order valence-corrected chi connectivity index (χ2v) is 39.5. The van der Waals surface area contributed by atoms with Crippen LogP contribution < -0.4 is 47.4 Å². The monoisotopic (exact) mass is 1930 g/mol. The molecule has 760 valence electrons. The van der Waals surface area contributed by atoms with Crippen LogP contribution in [0.5, 0.6) is 57.5 Å². The average molecular weight is 1930 g/mol. The summed E-state index contributed by atoms with van der Waals surface area (Å²) in [4.78, 5) is 0. The first-order valence-corrected chi connectivity index (χ1v) is 51.5. The third-order valence-corrected chi connectivity index (χ3v) is 30.5. The molecule has 142 heavy (non-hydrogen) atoms. The van der Waals surface area contributed by atoms with Crippen LogP contribution in [0.25, 0.3) is 0 Å². The van der Waals surface area contributed by atoms with Crippen LogP contribution in [0.1, 0.15) is 343 Å². The highest BCUT2D eigenvalue weighted by molar-refractivity contribution is 5.64. The molecule has 0 heterocycles. The van der Waals surface area contributed by atoms with Crippen molar-refractivity contribution < 1.29 is 67.1 Å². The lowest BCUT2D eigenvalue weighted by atomic mass is 9.72. The number of hydrogen-bond acceptors (Lipinski definition) is 14. The summed E-state index contributed by atoms with van der Waals surface area (Å²) in [5, 5.41) is 20.8. The number of aryl methyl sites for hydroxylation is 7. The zero-order valence-electron chi connectivity index (χ0n) is 90.4. The average Bonchev–Trinajstić information content (AvgIpc) is 0.652. The van der Waals surface area contributed by atoms with Gasteiger partial charge in [-0.05, 0) is 368 Å². The van der Waals surface area contributed by atoms with Gasteiger partial charge in [0.1, 0.15) is 34.5 Å². The topological polar surface area (TPSA) is 151 Å². The maximum absolute atomic E-state index is 10.4. The van der Waals surface area contributed by atoms with Crippen LogP contribution in [0.2, 0.25) is 0 Å². The molecular formula is C128H164O14. The van der Waals surface area contributed by atoms with Crippen LogP contribution in [0, 0.1) is 83.1 Å². The molecule has 0 bridgehead atoms. The Morgan fingerprint density at radius 2 is 0.620 bits per heavy atom. The Morgan fingerprint density at radius 3 is 1.07 bits per heavy atom. The first kappa shape index (κ1) is 111. The van der Waals surface area contributed by atoms with E-state index in [4.69, 9.17) is 47.4 Å². The van der Waals surface area contributed by atoms with Crippen molar-refractivity contribution in [1.29, 1.82) is 0 Å². The minimum absolute atomic E-state index is 0.0122. The van der Waals surface area contributed by atoms with Gasteiger partial charge < -0.3 is 67.1 Å². The summed E-state index contributed by atoms with van der Waals surface area (Å²) in [5.74, 6) is 11.0. The van der Waals surface area contributed by atoms with Gasteiger partial charge in [-0.3, -0.25) is 0 Å². The Morgan fingerprint density at radius 1 is 0.232 bits per heavy atom. The Bertz CT molecular complexity index is 5910. The standard InChI is InChI=1S/C37H48O4.C36H46O2.C26H30O3.C25H28O3.2C2H6O/c1-24-18-29(23-38)32(26-12-8-6-9-13-26)21-30(24)37(28-16-17-34(39-3)36(20-28)41-5)31-22-33(27-14-10-7-11-15-27)35(40-4)19-25(31)2;1-24-21-33(38-4)32(27-14-8-5-9-15-27)22-31(24)36(29-18-12-7-13-19-29)34-25(2)20-30(23-37)35(26(34)3)28-16-10-6-11-17-28;1-16-18(3)23(27-5)14-12-20(16)26(22-10-8-9-11-25(22)29-7)21-13-15-24(28-6)19(4)17(21)2;1-16-12-17(2)23(21(13-16)26-4)24(19-10-8-7-9-11-19)20-14-18(3)25(28-6)22(15-20)27-5;2*1-3-2/h16-22,26-27,37-38H,6-15,23H2,1-5H3;7,12-13,18-22,27-28,36-37H,5-6,8-11,14-17,23H2,1-4H3;8-15,26H,1-7H3;7-15,24H,1-6H3;2*1-2H3. The van der Waals surface area contributed by atoms with Gasteiger partial charge in [-0.2, -0.15) is 0 Å². The fraction of sp³-hybridized carbons (Fsp3) is 0.438. The SMILES string of the molecule is COC.COC.COc1cc(C(c2ccccc2)c2c(C)cc(C)cc2OC)cc(C)c1OC.COc1cc(C)c(C(c2ccccc2)c2c(C)cc(CO)c(C3CCCCC3)c2C)cc1C1CCCCC1.COc1ccc(C(c2cc(C3CCCCC3)c(CO)cc2C)c2cc(C3CCCCC3)c(OC)cc2C)cc1OC.COc1ccccc1C(c1ccc(OC)c(C)c1C)c1ccc(OC)c(C)c1C. The normalized spacial score (nSPS) is 14.6. The van der Waals surface area contributed by atoms with E-state index in [1.807, 2.05) is 38.3 Å². The fourth-order valence-corrected chi connectivity index (χ4v) is 23.4. The van der Waals surface area contributed by atoms with Crippen molar-refractivity contribution in [2.75, 3.05) is 99.5 Å². The number of rotatable bonds is 28. The molecule has 12 aromatic rings. The molecule has 0 radical (unpaired) electrons. The Balaban J connectivity index is 0.000000179. The molecule has 12 aromatic carbocycles. The van der Waals surface area contributed by atoms with Gasteiger partial charge in [-0.25, -0.2) is 0 Å². The molecular weight excluding hydrogens is 1760 g/mol. The van der Waals surface area contributed by atoms with Crippen LogP contribution in [-0.4, -0.2) is 110 Å². The van der Waals surface area contributed by atoms with Crippen LogP contribution in [0.3, 0.4) is 0 Å². The number of aliphatic hydroxyl groups excluding tert-OH is 2. The number of benzene rings is 12. The maximum Gasteiger partial charge on any atom is 0.163 e. The van der Waals surface area contributed by atoms with Gasteiger partial charge >= 0.3 is 0 Å². The predicted molar refractivity (Wildman–Crippen MR) is 584 cm³/mol. The minimum atomic E-state index is 0.0122. The van der Waals surface area contributed by atoms with Crippen molar-refractivity contribution in [3.05, 3.63) is 361 Å². The minimum Gasteiger partial charge on any atom is -0.496 e. The van der Waals surface area contributed by atoms with Gasteiger partial charge in [-0.1, -0.05) is 217 Å². The summed E-state index contributed by atoms with van der Waals surface area (Å²) in [7, 11) is 23.8. The summed E-state index contributed by atoms with van der Waals surface area (Å²) in [6, 6.07) is 69.7. The largest absolute Gasteiger partial charge is 0.496 e. The molecule has 4 aliphatic carbocycles. The summed E-state index contributed by atoms with van der Waals surface area (Å²) >= 11 is 0. The Labute approximate surface area is 851 Å². The first-order valence-electron chi connectivity index (χ1n) is 51.5. The van der Waals surface area contributed by atoms with Gasteiger partial charge in [0.2, 0.25) is 0 Å². The summed E-state index contributed by atoms with van der Waals surface area (Å²) < 4.78 is 65.7. The van der Waals surface area contributed by atoms with Crippen LogP contribution in [0.15, 0.2) is 194 Å². The van der Waals surface area contributed by atoms with Crippen molar-refractivity contribution in [1.82, 2.24) is 0 Å². The number of hydrogen-bond donors (Lipinski definition) is 2. The smallest absolute Gasteiger partial charge is 0.163 e. The highest BCUT2D eigenvalue weighted by Crippen LogP contribution is 2.53. The number of methoxy groups -OCH3 is 12. The predicted octanol–water partition coefficient (Wildman–Crippen LogP) is 31.0. The van der Waals surface area contributed by atoms with Crippen molar-refractivity contribution >= 4 is 0 Å². The molecule has 2 N–H and O–H groups in total. The van der Waals surface area contributed by atoms with Crippen LogP contribution >= 0.6 is 0 Å². The number of aliphatic hydroxyl groups is 2. The van der Waals surface area contributed by atoms with Crippen molar-refractivity contribution in [3.8, 4) is 57.5 Å². The van der Waals surface area contributed by atoms with E-state index < -0.39 is 0 Å². The van der Waals surface area contributed by atoms with Gasteiger partial charge in [0.05, 0.1) is 84.3 Å². The Hall–Kier alpha value is -11.5. The highest BCUT2D eigenvalue weighted by Gasteiger charge is 2.35. The van der Waals surface area contributed by atoms with Gasteiger partial charge in [-0.15, -0.1) is 0 Å². The van der Waals surface area contributed by atoms with E-state index in [2.05, 4.69) is 255 Å². The number of ether oxygens (including phenoxy) is 12. The molecule has 4 aliphatic rings. The summed E-state index contributed by atoms with van der Waals surface area (Å²) in [6.07, 6.45) is 25.4. The lowest BCUT2D eigenvalue weighted by Crippen LogP contribution is -2.16. The molecule has 3 unspecified atom stereocenters. The third kappa shape index (κ3) is 26.2. The molecule has 0 spiro atoms. The second-order valence-electron chi connectivity index (χ2n) is 39.5. The van der Waals surface area contributed by atoms with Crippen LogP contribution in [-0.2, 0) is 22.7 Å². The third-order valence-electron chi connectivity index (χ3n) is 30.5. The first-order chi connectivity index (χ1) is 68.8. The second kappa shape index (κ2) is 54.3. The van der Waals surface area contributed by atoms with E-state index in [0.717, 1.165) is 96.4 Å². The molecule has 0 saturated heterocycles. The number of para-hydroxylation sites is 1. The van der Waals surface area contributed by atoms with Crippen molar-refractivity contribution in [2.24, 2.45) is 0 Å². The van der Waals surface area contributed by atoms with Crippen LogP contribution in [0.4, 0.5) is 0 Å². The van der Waals surface area contributed by atoms with E-state index in [0.29, 0.717) is 23.7 Å². The molecule has 16 rings (SSSR count). The van der Waals surface area contributed by atoms with E-state index in [-0.39, 0.29) is 36.9 Å². The van der Waals surface area contributed by atoms with Gasteiger partial charge in [0.15, 0.2) is 23.0 Å². The molecule has 14 nitrogen and oxygen atoms in total. The molecule has 0 aliphatic heterocycles. The maximum atomic E-state index is 10.4. The van der Waals surface area contributed by atoms with E-state index in [1.54, 1.807) is 92.4 Å². The molecule has 4 saturated carbocycles. The quantitative estimate of drug-likeness (QED) is 0.0448. The molecule has 0 aromatic heterocycles. The lowest BCUT2D eigenvalue weighted by Gasteiger charge is -2.32. The van der Waals surface area contributed by atoms with Crippen molar-refractivity contribution in [3.63, 3.8) is 0 Å². The lowest BCUT2D eigenvalue weighted by molar-refractivity contribution is 0.277. The molecule has 3 atom stereocenters. The van der Waals surface area contributed by atoms with Crippen molar-refractivity contribution in [2.45, 2.75) is 272 Å². The highest BCUT2D eigenvalue weighted by atomic mass is 16.5. The zero-order valence-corrected chi connectivity index (χ0v) is 90.4. The zero-order chi connectivity index (χ0) is 102. The fourth-order valence-electron chi connectivity index (χ4n) is 23.4. The van der Waals surface area contributed by atoms with Gasteiger partial charge in [0, 0.05) is 63.2 Å². The Kier molecular flexibility index (Phi) is 42.4. The summed E-state index contributed by atoms with van der Waals surface area (Å²) in [5.41, 5.74) is 37.5. The van der Waals surface area contributed by atoms with E-state index in [1.165, 1.54) is 256 Å². The van der Waals surface area contributed by atoms with Gasteiger partial charge in [0.25, 0.3) is 0 Å². The van der Waals surface area contributed by atoms with E-state index >= 15 is 0 Å². The molecule has 14 heteroatoms. The molecule has 4 fully saturated rings. The molecule has 0 amide bonds. The summed E-state index contributed by atoms with van der Waals surface area (Å²) in [6.45, 7) is 26.3. The van der Waals surface area contributed by atoms with E-state index in [9.17, 15) is 10.2 Å².